The Morgan fingerprint density at radius 3 is 2.75 bits per heavy atom. The fourth-order valence-corrected chi connectivity index (χ4v) is 2.38. The van der Waals surface area contributed by atoms with Crippen LogP contribution in [0.3, 0.4) is 0 Å². The van der Waals surface area contributed by atoms with Crippen molar-refractivity contribution in [1.29, 1.82) is 0 Å². The maximum Gasteiger partial charge on any atom is 0.250 e. The molecule has 0 fully saturated rings. The molecule has 5 nitrogen and oxygen atoms in total. The van der Waals surface area contributed by atoms with Gasteiger partial charge in [-0.05, 0) is 24.3 Å². The maximum absolute atomic E-state index is 11.5. The van der Waals surface area contributed by atoms with E-state index in [4.69, 9.17) is 23.1 Å². The molecule has 0 radical (unpaired) electrons. The number of hydrogen-bond acceptors (Lipinski definition) is 4. The SMILES string of the molecule is CN(Cc1ccccn1)c1c(Cl)cc(N)cc1C(N)=O. The minimum Gasteiger partial charge on any atom is -0.399 e. The molecule has 20 heavy (non-hydrogen) atoms. The van der Waals surface area contributed by atoms with Crippen molar-refractivity contribution in [3.63, 3.8) is 0 Å². The van der Waals surface area contributed by atoms with Gasteiger partial charge >= 0.3 is 0 Å². The number of nitrogen functional groups attached to an aromatic ring is 1. The number of benzene rings is 1. The second kappa shape index (κ2) is 5.79. The Kier molecular flexibility index (Phi) is 4.10. The first-order chi connectivity index (χ1) is 9.49. The lowest BCUT2D eigenvalue weighted by molar-refractivity contribution is 0.100. The van der Waals surface area contributed by atoms with Gasteiger partial charge in [0, 0.05) is 18.9 Å². The molecular formula is C14H15ClN4O. The standard InChI is InChI=1S/C14H15ClN4O/c1-19(8-10-4-2-3-5-18-10)13-11(14(17)20)6-9(16)7-12(13)15/h2-7H,8,16H2,1H3,(H2,17,20). The predicted molar refractivity (Wildman–Crippen MR) is 80.7 cm³/mol. The molecule has 1 heterocycles. The third-order valence-electron chi connectivity index (χ3n) is 2.86. The molecule has 6 heteroatoms. The summed E-state index contributed by atoms with van der Waals surface area (Å²) in [5.41, 5.74) is 13.2. The van der Waals surface area contributed by atoms with Gasteiger partial charge in [-0.1, -0.05) is 17.7 Å². The number of nitrogens with zero attached hydrogens (tertiary/aromatic N) is 2. The van der Waals surface area contributed by atoms with E-state index in [1.165, 1.54) is 6.07 Å². The molecule has 0 atom stereocenters. The number of carbonyl (C=O) groups excluding carboxylic acids is 1. The van der Waals surface area contributed by atoms with Crippen molar-refractivity contribution in [2.45, 2.75) is 6.54 Å². The van der Waals surface area contributed by atoms with Crippen LogP contribution in [0, 0.1) is 0 Å². The summed E-state index contributed by atoms with van der Waals surface area (Å²) in [4.78, 5) is 17.6. The van der Waals surface area contributed by atoms with Gasteiger partial charge in [0.15, 0.2) is 0 Å². The Morgan fingerprint density at radius 2 is 2.15 bits per heavy atom. The highest BCUT2D eigenvalue weighted by molar-refractivity contribution is 6.34. The van der Waals surface area contributed by atoms with Crippen molar-refractivity contribution in [1.82, 2.24) is 4.98 Å². The molecule has 1 amide bonds. The van der Waals surface area contributed by atoms with E-state index in [9.17, 15) is 4.79 Å². The minimum atomic E-state index is -0.568. The lowest BCUT2D eigenvalue weighted by Crippen LogP contribution is -2.23. The molecule has 1 aromatic carbocycles. The van der Waals surface area contributed by atoms with Gasteiger partial charge in [-0.2, -0.15) is 0 Å². The smallest absolute Gasteiger partial charge is 0.250 e. The highest BCUT2D eigenvalue weighted by Gasteiger charge is 2.17. The van der Waals surface area contributed by atoms with Crippen molar-refractivity contribution < 1.29 is 4.79 Å². The first kappa shape index (κ1) is 14.1. The quantitative estimate of drug-likeness (QED) is 0.844. The van der Waals surface area contributed by atoms with E-state index in [-0.39, 0.29) is 0 Å². The number of anilines is 2. The van der Waals surface area contributed by atoms with Gasteiger partial charge in [0.1, 0.15) is 0 Å². The van der Waals surface area contributed by atoms with E-state index >= 15 is 0 Å². The number of amides is 1. The van der Waals surface area contributed by atoms with Crippen molar-refractivity contribution in [2.24, 2.45) is 5.73 Å². The largest absolute Gasteiger partial charge is 0.399 e. The van der Waals surface area contributed by atoms with Crippen LogP contribution >= 0.6 is 11.6 Å². The highest BCUT2D eigenvalue weighted by atomic mass is 35.5. The maximum atomic E-state index is 11.5. The topological polar surface area (TPSA) is 85.2 Å². The van der Waals surface area contributed by atoms with Crippen molar-refractivity contribution in [3.8, 4) is 0 Å². The normalized spacial score (nSPS) is 10.3. The number of halogens is 1. The first-order valence-electron chi connectivity index (χ1n) is 5.99. The summed E-state index contributed by atoms with van der Waals surface area (Å²) in [6, 6.07) is 8.76. The Bertz CT molecular complexity index is 631. The second-order valence-electron chi connectivity index (χ2n) is 4.44. The minimum absolute atomic E-state index is 0.299. The number of primary amides is 1. The summed E-state index contributed by atoms with van der Waals surface area (Å²) in [5, 5.41) is 0.386. The van der Waals surface area contributed by atoms with Crippen molar-refractivity contribution in [3.05, 3.63) is 52.8 Å². The molecule has 0 bridgehead atoms. The van der Waals surface area contributed by atoms with Crippen LogP contribution in [0.1, 0.15) is 16.1 Å². The van der Waals surface area contributed by atoms with Gasteiger partial charge in [0.2, 0.25) is 0 Å². The third kappa shape index (κ3) is 3.00. The summed E-state index contributed by atoms with van der Waals surface area (Å²) < 4.78 is 0. The molecule has 0 unspecified atom stereocenters. The van der Waals surface area contributed by atoms with Crippen LogP contribution in [0.25, 0.3) is 0 Å². The molecule has 2 aromatic rings. The molecule has 0 saturated carbocycles. The summed E-state index contributed by atoms with van der Waals surface area (Å²) in [5.74, 6) is -0.568. The lowest BCUT2D eigenvalue weighted by atomic mass is 10.1. The van der Waals surface area contributed by atoms with E-state index < -0.39 is 5.91 Å². The zero-order valence-electron chi connectivity index (χ0n) is 11.0. The predicted octanol–water partition coefficient (Wildman–Crippen LogP) is 2.05. The Labute approximate surface area is 122 Å². The molecule has 0 aliphatic carbocycles. The van der Waals surface area contributed by atoms with Crippen LogP contribution < -0.4 is 16.4 Å². The molecule has 2 rings (SSSR count). The van der Waals surface area contributed by atoms with Gasteiger partial charge in [-0.25, -0.2) is 0 Å². The fraction of sp³-hybridized carbons (Fsp3) is 0.143. The monoisotopic (exact) mass is 290 g/mol. The van der Waals surface area contributed by atoms with Gasteiger partial charge in [0.05, 0.1) is 28.5 Å². The summed E-state index contributed by atoms with van der Waals surface area (Å²) >= 11 is 6.19. The fourth-order valence-electron chi connectivity index (χ4n) is 2.01. The average molecular weight is 291 g/mol. The second-order valence-corrected chi connectivity index (χ2v) is 4.85. The molecule has 0 aliphatic heterocycles. The zero-order chi connectivity index (χ0) is 14.7. The van der Waals surface area contributed by atoms with E-state index in [0.29, 0.717) is 28.5 Å². The number of aromatic nitrogens is 1. The van der Waals surface area contributed by atoms with Crippen LogP contribution in [-0.2, 0) is 6.54 Å². The molecule has 4 N–H and O–H groups in total. The average Bonchev–Trinajstić information content (AvgIpc) is 2.38. The number of nitrogens with two attached hydrogens (primary N) is 2. The molecule has 0 aliphatic rings. The van der Waals surface area contributed by atoms with Crippen molar-refractivity contribution >= 4 is 28.9 Å². The van der Waals surface area contributed by atoms with E-state index in [1.807, 2.05) is 30.1 Å². The van der Waals surface area contributed by atoms with Gasteiger partial charge in [0.25, 0.3) is 5.91 Å². The molecule has 0 spiro atoms. The number of hydrogen-bond donors (Lipinski definition) is 2. The Morgan fingerprint density at radius 1 is 1.40 bits per heavy atom. The molecular weight excluding hydrogens is 276 g/mol. The Hall–Kier alpha value is -2.27. The van der Waals surface area contributed by atoms with Crippen LogP contribution in [-0.4, -0.2) is 17.9 Å². The number of rotatable bonds is 4. The molecule has 104 valence electrons. The van der Waals surface area contributed by atoms with Crippen LogP contribution in [0.15, 0.2) is 36.5 Å². The zero-order valence-corrected chi connectivity index (χ0v) is 11.8. The molecule has 1 aromatic heterocycles. The number of pyridine rings is 1. The van der Waals surface area contributed by atoms with Gasteiger partial charge in [-0.3, -0.25) is 9.78 Å². The van der Waals surface area contributed by atoms with Gasteiger partial charge < -0.3 is 16.4 Å². The van der Waals surface area contributed by atoms with Crippen LogP contribution in [0.5, 0.6) is 0 Å². The summed E-state index contributed by atoms with van der Waals surface area (Å²) in [7, 11) is 1.82. The first-order valence-corrected chi connectivity index (χ1v) is 6.36. The van der Waals surface area contributed by atoms with Crippen LogP contribution in [0.4, 0.5) is 11.4 Å². The summed E-state index contributed by atoms with van der Waals surface area (Å²) in [6.45, 7) is 0.505. The highest BCUT2D eigenvalue weighted by Crippen LogP contribution is 2.32. The lowest BCUT2D eigenvalue weighted by Gasteiger charge is -2.23. The number of carbonyl (C=O) groups is 1. The van der Waals surface area contributed by atoms with E-state index in [1.54, 1.807) is 12.3 Å². The van der Waals surface area contributed by atoms with Gasteiger partial charge in [-0.15, -0.1) is 0 Å². The van der Waals surface area contributed by atoms with E-state index in [2.05, 4.69) is 4.98 Å². The third-order valence-corrected chi connectivity index (χ3v) is 3.15. The van der Waals surface area contributed by atoms with Crippen LogP contribution in [0.2, 0.25) is 5.02 Å². The Balaban J connectivity index is 2.39. The van der Waals surface area contributed by atoms with Crippen molar-refractivity contribution in [2.75, 3.05) is 17.7 Å². The molecule has 0 saturated heterocycles. The summed E-state index contributed by atoms with van der Waals surface area (Å²) in [6.07, 6.45) is 1.71. The van der Waals surface area contributed by atoms with E-state index in [0.717, 1.165) is 5.69 Å².